The molecule has 0 fully saturated rings. The Morgan fingerprint density at radius 3 is 1.88 bits per heavy atom. The molecule has 0 saturated carbocycles. The monoisotopic (exact) mass is 332 g/mol. The van der Waals surface area contributed by atoms with Crippen molar-refractivity contribution in [3.05, 3.63) is 83.9 Å². The summed E-state index contributed by atoms with van der Waals surface area (Å²) in [4.78, 5) is 0. The average molecular weight is 333 g/mol. The summed E-state index contributed by atoms with van der Waals surface area (Å²) >= 11 is 6.00. The van der Waals surface area contributed by atoms with Crippen molar-refractivity contribution in [2.24, 2.45) is 0 Å². The first-order chi connectivity index (χ1) is 11.8. The van der Waals surface area contributed by atoms with Gasteiger partial charge < -0.3 is 4.42 Å². The molecule has 0 bridgehead atoms. The van der Waals surface area contributed by atoms with E-state index in [1.807, 2.05) is 60.7 Å². The van der Waals surface area contributed by atoms with Crippen LogP contribution in [0.4, 0.5) is 0 Å². The van der Waals surface area contributed by atoms with Crippen molar-refractivity contribution in [3.8, 4) is 34.0 Å². The highest BCUT2D eigenvalue weighted by atomic mass is 35.5. The Kier molecular flexibility index (Phi) is 3.85. The minimum atomic E-state index is 0.458. The summed E-state index contributed by atoms with van der Waals surface area (Å²) in [6.07, 6.45) is 0. The molecule has 0 aliphatic heterocycles. The van der Waals surface area contributed by atoms with Gasteiger partial charge in [-0.25, -0.2) is 0 Å². The Labute approximate surface area is 144 Å². The van der Waals surface area contributed by atoms with Crippen LogP contribution in [0.5, 0.6) is 0 Å². The maximum Gasteiger partial charge on any atom is 0.248 e. The molecule has 0 spiro atoms. The van der Waals surface area contributed by atoms with Gasteiger partial charge in [0, 0.05) is 16.1 Å². The van der Waals surface area contributed by atoms with Gasteiger partial charge in [-0.2, -0.15) is 0 Å². The number of hydrogen-bond donors (Lipinski definition) is 0. The highest BCUT2D eigenvalue weighted by molar-refractivity contribution is 6.30. The largest absolute Gasteiger partial charge is 0.416 e. The van der Waals surface area contributed by atoms with E-state index in [9.17, 15) is 0 Å². The molecule has 4 heteroatoms. The molecule has 0 aliphatic carbocycles. The summed E-state index contributed by atoms with van der Waals surface area (Å²) in [5, 5.41) is 8.88. The molecule has 0 saturated heterocycles. The Morgan fingerprint density at radius 1 is 0.583 bits per heavy atom. The number of halogens is 1. The average Bonchev–Trinajstić information content (AvgIpc) is 3.13. The summed E-state index contributed by atoms with van der Waals surface area (Å²) in [5.41, 5.74) is 4.01. The molecule has 0 N–H and O–H groups in total. The molecular formula is C20H13ClN2O. The van der Waals surface area contributed by atoms with Crippen LogP contribution in [0.1, 0.15) is 0 Å². The van der Waals surface area contributed by atoms with Gasteiger partial charge in [0.1, 0.15) is 0 Å². The predicted molar refractivity (Wildman–Crippen MR) is 95.6 cm³/mol. The van der Waals surface area contributed by atoms with Crippen molar-refractivity contribution >= 4 is 11.6 Å². The molecule has 4 aromatic rings. The second-order valence-electron chi connectivity index (χ2n) is 5.37. The molecule has 0 amide bonds. The van der Waals surface area contributed by atoms with Gasteiger partial charge in [-0.1, -0.05) is 60.1 Å². The summed E-state index contributed by atoms with van der Waals surface area (Å²) in [7, 11) is 0. The lowest BCUT2D eigenvalue weighted by Crippen LogP contribution is -1.80. The molecule has 1 heterocycles. The number of benzene rings is 3. The summed E-state index contributed by atoms with van der Waals surface area (Å²) in [5.74, 6) is 0.948. The van der Waals surface area contributed by atoms with Gasteiger partial charge in [-0.05, 0) is 41.5 Å². The van der Waals surface area contributed by atoms with Crippen molar-refractivity contribution in [1.29, 1.82) is 0 Å². The van der Waals surface area contributed by atoms with E-state index < -0.39 is 0 Å². The van der Waals surface area contributed by atoms with E-state index in [1.54, 1.807) is 6.07 Å². The lowest BCUT2D eigenvalue weighted by Gasteiger charge is -2.02. The fourth-order valence-corrected chi connectivity index (χ4v) is 2.70. The SMILES string of the molecule is Clc1cccc(-c2nnc(-c3ccc(-c4ccccc4)cc3)o2)c1. The van der Waals surface area contributed by atoms with Crippen molar-refractivity contribution in [3.63, 3.8) is 0 Å². The number of aromatic nitrogens is 2. The zero-order valence-electron chi connectivity index (χ0n) is 12.7. The van der Waals surface area contributed by atoms with E-state index in [4.69, 9.17) is 16.0 Å². The van der Waals surface area contributed by atoms with Crippen LogP contribution in [0.3, 0.4) is 0 Å². The van der Waals surface area contributed by atoms with Gasteiger partial charge in [0.25, 0.3) is 0 Å². The fraction of sp³-hybridized carbons (Fsp3) is 0. The Morgan fingerprint density at radius 2 is 1.17 bits per heavy atom. The minimum Gasteiger partial charge on any atom is -0.416 e. The molecule has 0 aliphatic rings. The summed E-state index contributed by atoms with van der Waals surface area (Å²) < 4.78 is 5.78. The van der Waals surface area contributed by atoms with Crippen LogP contribution in [0.2, 0.25) is 5.02 Å². The first kappa shape index (κ1) is 14.7. The van der Waals surface area contributed by atoms with Gasteiger partial charge in [0.2, 0.25) is 11.8 Å². The lowest BCUT2D eigenvalue weighted by atomic mass is 10.0. The van der Waals surface area contributed by atoms with E-state index in [0.29, 0.717) is 16.8 Å². The lowest BCUT2D eigenvalue weighted by molar-refractivity contribution is 0.584. The number of rotatable bonds is 3. The van der Waals surface area contributed by atoms with E-state index >= 15 is 0 Å². The zero-order valence-corrected chi connectivity index (χ0v) is 13.4. The molecule has 24 heavy (non-hydrogen) atoms. The smallest absolute Gasteiger partial charge is 0.248 e. The fourth-order valence-electron chi connectivity index (χ4n) is 2.51. The minimum absolute atomic E-state index is 0.458. The Balaban J connectivity index is 1.63. The second kappa shape index (κ2) is 6.30. The van der Waals surface area contributed by atoms with Crippen LogP contribution in [0.15, 0.2) is 83.3 Å². The molecule has 0 unspecified atom stereocenters. The van der Waals surface area contributed by atoms with Crippen LogP contribution in [0.25, 0.3) is 34.0 Å². The van der Waals surface area contributed by atoms with E-state index in [1.165, 1.54) is 5.56 Å². The van der Waals surface area contributed by atoms with Crippen molar-refractivity contribution < 1.29 is 4.42 Å². The van der Waals surface area contributed by atoms with Crippen LogP contribution >= 0.6 is 11.6 Å². The molecule has 0 atom stereocenters. The maximum atomic E-state index is 6.00. The standard InChI is InChI=1S/C20H13ClN2O/c21-18-8-4-7-17(13-18)20-23-22-19(24-20)16-11-9-15(10-12-16)14-5-2-1-3-6-14/h1-13H. The first-order valence-corrected chi connectivity index (χ1v) is 7.93. The molecule has 1 aromatic heterocycles. The first-order valence-electron chi connectivity index (χ1n) is 7.55. The molecule has 0 radical (unpaired) electrons. The topological polar surface area (TPSA) is 38.9 Å². The molecule has 3 nitrogen and oxygen atoms in total. The van der Waals surface area contributed by atoms with Crippen LogP contribution in [-0.4, -0.2) is 10.2 Å². The van der Waals surface area contributed by atoms with Gasteiger partial charge in [-0.3, -0.25) is 0 Å². The summed E-state index contributed by atoms with van der Waals surface area (Å²) in [6, 6.07) is 25.7. The third-order valence-electron chi connectivity index (χ3n) is 3.74. The number of nitrogens with zero attached hydrogens (tertiary/aromatic N) is 2. The normalized spacial score (nSPS) is 10.7. The quantitative estimate of drug-likeness (QED) is 0.481. The van der Waals surface area contributed by atoms with E-state index in [2.05, 4.69) is 22.3 Å². The predicted octanol–water partition coefficient (Wildman–Crippen LogP) is 5.72. The van der Waals surface area contributed by atoms with Gasteiger partial charge in [0.15, 0.2) is 0 Å². The van der Waals surface area contributed by atoms with Crippen molar-refractivity contribution in [2.75, 3.05) is 0 Å². The molecule has 4 rings (SSSR count). The van der Waals surface area contributed by atoms with Crippen molar-refractivity contribution in [2.45, 2.75) is 0 Å². The molecule has 3 aromatic carbocycles. The van der Waals surface area contributed by atoms with Crippen molar-refractivity contribution in [1.82, 2.24) is 10.2 Å². The Hall–Kier alpha value is -2.91. The van der Waals surface area contributed by atoms with E-state index in [-0.39, 0.29) is 0 Å². The zero-order chi connectivity index (χ0) is 16.4. The number of hydrogen-bond acceptors (Lipinski definition) is 3. The third kappa shape index (κ3) is 2.94. The second-order valence-corrected chi connectivity index (χ2v) is 5.80. The Bertz CT molecular complexity index is 962. The van der Waals surface area contributed by atoms with Gasteiger partial charge >= 0.3 is 0 Å². The molecule has 116 valence electrons. The van der Waals surface area contributed by atoms with Gasteiger partial charge in [-0.15, -0.1) is 10.2 Å². The summed E-state index contributed by atoms with van der Waals surface area (Å²) in [6.45, 7) is 0. The van der Waals surface area contributed by atoms with Gasteiger partial charge in [0.05, 0.1) is 0 Å². The molecular weight excluding hydrogens is 320 g/mol. The third-order valence-corrected chi connectivity index (χ3v) is 3.97. The highest BCUT2D eigenvalue weighted by Gasteiger charge is 2.11. The van der Waals surface area contributed by atoms with E-state index in [0.717, 1.165) is 16.7 Å². The van der Waals surface area contributed by atoms with Crippen LogP contribution in [-0.2, 0) is 0 Å². The highest BCUT2D eigenvalue weighted by Crippen LogP contribution is 2.27. The van der Waals surface area contributed by atoms with Crippen LogP contribution < -0.4 is 0 Å². The maximum absolute atomic E-state index is 6.00. The van der Waals surface area contributed by atoms with Crippen LogP contribution in [0, 0.1) is 0 Å².